The van der Waals surface area contributed by atoms with Crippen molar-refractivity contribution in [2.24, 2.45) is 4.99 Å². The second-order valence-corrected chi connectivity index (χ2v) is 8.24. The van der Waals surface area contributed by atoms with E-state index in [1.165, 1.54) is 18.2 Å². The van der Waals surface area contributed by atoms with Crippen molar-refractivity contribution in [2.75, 3.05) is 6.61 Å². The smallest absolute Gasteiger partial charge is 0.363 e. The van der Waals surface area contributed by atoms with Gasteiger partial charge in [-0.2, -0.15) is 0 Å². The van der Waals surface area contributed by atoms with Crippen molar-refractivity contribution < 1.29 is 23.4 Å². The number of hydrogen-bond acceptors (Lipinski definition) is 5. The third-order valence-electron chi connectivity index (χ3n) is 4.79. The van der Waals surface area contributed by atoms with E-state index in [1.807, 2.05) is 38.1 Å². The molecule has 0 unspecified atom stereocenters. The quantitative estimate of drug-likeness (QED) is 0.280. The molecule has 0 aromatic heterocycles. The number of carbonyl (C=O) groups excluding carboxylic acids is 1. The number of aliphatic imine (C=N–C) groups is 1. The molecule has 5 nitrogen and oxygen atoms in total. The van der Waals surface area contributed by atoms with E-state index in [4.69, 9.17) is 14.2 Å². The van der Waals surface area contributed by atoms with Crippen LogP contribution in [0.5, 0.6) is 11.5 Å². The Morgan fingerprint density at radius 2 is 1.91 bits per heavy atom. The Hall–Kier alpha value is -3.45. The number of halogens is 2. The van der Waals surface area contributed by atoms with Gasteiger partial charge in [0, 0.05) is 5.56 Å². The van der Waals surface area contributed by atoms with Crippen LogP contribution < -0.4 is 9.47 Å². The van der Waals surface area contributed by atoms with Crippen LogP contribution in [0.1, 0.15) is 29.2 Å². The number of nitrogens with zero attached hydrogens (tertiary/aromatic N) is 1. The first kappa shape index (κ1) is 22.7. The predicted molar refractivity (Wildman–Crippen MR) is 128 cm³/mol. The summed E-state index contributed by atoms with van der Waals surface area (Å²) in [5.74, 6) is 0.122. The second kappa shape index (κ2) is 10.0. The maximum Gasteiger partial charge on any atom is 0.363 e. The summed E-state index contributed by atoms with van der Waals surface area (Å²) in [6.07, 6.45) is 1.59. The van der Waals surface area contributed by atoms with Crippen molar-refractivity contribution in [3.05, 3.63) is 98.9 Å². The van der Waals surface area contributed by atoms with Crippen LogP contribution in [0, 0.1) is 12.7 Å². The second-order valence-electron chi connectivity index (χ2n) is 7.39. The Morgan fingerprint density at radius 1 is 1.09 bits per heavy atom. The Kier molecular flexibility index (Phi) is 6.89. The minimum atomic E-state index is -0.608. The normalized spacial score (nSPS) is 14.2. The summed E-state index contributed by atoms with van der Waals surface area (Å²) < 4.78 is 31.2. The molecule has 33 heavy (non-hydrogen) atoms. The molecule has 0 N–H and O–H groups in total. The Bertz CT molecular complexity index is 1270. The highest BCUT2D eigenvalue weighted by atomic mass is 79.9. The lowest BCUT2D eigenvalue weighted by Crippen LogP contribution is -2.05. The zero-order chi connectivity index (χ0) is 23.4. The zero-order valence-corrected chi connectivity index (χ0v) is 19.7. The van der Waals surface area contributed by atoms with E-state index in [9.17, 15) is 9.18 Å². The van der Waals surface area contributed by atoms with Gasteiger partial charge < -0.3 is 14.2 Å². The molecule has 4 rings (SSSR count). The molecule has 0 spiro atoms. The predicted octanol–water partition coefficient (Wildman–Crippen LogP) is 6.22. The average Bonchev–Trinajstić information content (AvgIpc) is 3.14. The van der Waals surface area contributed by atoms with Crippen molar-refractivity contribution >= 4 is 33.9 Å². The van der Waals surface area contributed by atoms with Gasteiger partial charge >= 0.3 is 5.97 Å². The van der Waals surface area contributed by atoms with Crippen LogP contribution in [-0.2, 0) is 16.1 Å². The van der Waals surface area contributed by atoms with Gasteiger partial charge in [0.25, 0.3) is 0 Å². The molecule has 0 saturated heterocycles. The summed E-state index contributed by atoms with van der Waals surface area (Å²) in [5.41, 5.74) is 3.37. The van der Waals surface area contributed by atoms with E-state index in [1.54, 1.807) is 18.2 Å². The van der Waals surface area contributed by atoms with Crippen LogP contribution in [0.3, 0.4) is 0 Å². The molecule has 3 aromatic rings. The number of aryl methyl sites for hydroxylation is 1. The Morgan fingerprint density at radius 3 is 2.67 bits per heavy atom. The van der Waals surface area contributed by atoms with E-state index in [2.05, 4.69) is 27.0 Å². The van der Waals surface area contributed by atoms with Gasteiger partial charge in [-0.25, -0.2) is 14.2 Å². The van der Waals surface area contributed by atoms with Crippen LogP contribution in [0.2, 0.25) is 0 Å². The molecule has 0 atom stereocenters. The number of ether oxygens (including phenoxy) is 3. The molecule has 1 heterocycles. The molecule has 1 aliphatic heterocycles. The van der Waals surface area contributed by atoms with E-state index >= 15 is 0 Å². The number of esters is 1. The average molecular weight is 510 g/mol. The summed E-state index contributed by atoms with van der Waals surface area (Å²) in [5, 5.41) is 0. The third-order valence-corrected chi connectivity index (χ3v) is 5.38. The summed E-state index contributed by atoms with van der Waals surface area (Å²) in [6.45, 7) is 4.74. The van der Waals surface area contributed by atoms with E-state index in [-0.39, 0.29) is 11.6 Å². The van der Waals surface area contributed by atoms with Crippen LogP contribution in [-0.4, -0.2) is 18.5 Å². The fraction of sp³-hybridized carbons (Fsp3) is 0.154. The molecule has 1 aliphatic rings. The third kappa shape index (κ3) is 5.49. The van der Waals surface area contributed by atoms with Crippen LogP contribution in [0.4, 0.5) is 4.39 Å². The van der Waals surface area contributed by atoms with Crippen molar-refractivity contribution in [2.45, 2.75) is 20.5 Å². The molecule has 3 aromatic carbocycles. The topological polar surface area (TPSA) is 57.1 Å². The molecule has 0 fully saturated rings. The number of benzene rings is 3. The summed E-state index contributed by atoms with van der Waals surface area (Å²) in [7, 11) is 0. The van der Waals surface area contributed by atoms with Crippen molar-refractivity contribution in [1.82, 2.24) is 0 Å². The van der Waals surface area contributed by atoms with Crippen molar-refractivity contribution in [3.8, 4) is 11.5 Å². The molecule has 168 valence electrons. The highest BCUT2D eigenvalue weighted by Gasteiger charge is 2.25. The van der Waals surface area contributed by atoms with Gasteiger partial charge in [0.05, 0.1) is 11.1 Å². The van der Waals surface area contributed by atoms with Gasteiger partial charge in [0.1, 0.15) is 12.4 Å². The van der Waals surface area contributed by atoms with Crippen LogP contribution in [0.25, 0.3) is 6.08 Å². The SMILES string of the molecule is CCOc1cc(C=C2N=C(c3cccc(F)c3)OC2=O)cc(Br)c1OCc1cccc(C)c1. The maximum atomic E-state index is 13.5. The Labute approximate surface area is 199 Å². The molecule has 0 aliphatic carbocycles. The minimum absolute atomic E-state index is 0.0629. The summed E-state index contributed by atoms with van der Waals surface area (Å²) in [4.78, 5) is 16.6. The first-order valence-electron chi connectivity index (χ1n) is 10.4. The number of rotatable bonds is 7. The van der Waals surface area contributed by atoms with E-state index in [0.717, 1.165) is 11.1 Å². The van der Waals surface area contributed by atoms with Gasteiger partial charge in [-0.3, -0.25) is 0 Å². The fourth-order valence-corrected chi connectivity index (χ4v) is 3.92. The van der Waals surface area contributed by atoms with Gasteiger partial charge in [0.2, 0.25) is 5.90 Å². The lowest BCUT2D eigenvalue weighted by molar-refractivity contribution is -0.129. The molecule has 0 saturated carbocycles. The molecule has 0 bridgehead atoms. The standard InChI is InChI=1S/C26H21BrFNO4/c1-3-31-23-13-18(11-21(27)24(23)32-15-17-7-4-6-16(2)10-17)12-22-26(30)33-25(29-22)19-8-5-9-20(28)14-19/h4-14H,3,15H2,1-2H3. The lowest BCUT2D eigenvalue weighted by Gasteiger charge is -2.15. The first-order chi connectivity index (χ1) is 15.9. The summed E-state index contributed by atoms with van der Waals surface area (Å²) in [6, 6.07) is 17.4. The zero-order valence-electron chi connectivity index (χ0n) is 18.1. The molecular formula is C26H21BrFNO4. The lowest BCUT2D eigenvalue weighted by atomic mass is 10.1. The monoisotopic (exact) mass is 509 g/mol. The van der Waals surface area contributed by atoms with Gasteiger partial charge in [0.15, 0.2) is 17.2 Å². The number of hydrogen-bond donors (Lipinski definition) is 0. The fourth-order valence-electron chi connectivity index (χ4n) is 3.34. The largest absolute Gasteiger partial charge is 0.490 e. The minimum Gasteiger partial charge on any atom is -0.490 e. The van der Waals surface area contributed by atoms with Crippen molar-refractivity contribution in [1.29, 1.82) is 0 Å². The number of cyclic esters (lactones) is 1. The van der Waals surface area contributed by atoms with Gasteiger partial charge in [-0.15, -0.1) is 0 Å². The highest BCUT2D eigenvalue weighted by molar-refractivity contribution is 9.10. The van der Waals surface area contributed by atoms with Crippen LogP contribution >= 0.6 is 15.9 Å². The maximum absolute atomic E-state index is 13.5. The highest BCUT2D eigenvalue weighted by Crippen LogP contribution is 2.38. The Balaban J connectivity index is 1.61. The van der Waals surface area contributed by atoms with Gasteiger partial charge in [-0.05, 0) is 77.3 Å². The first-order valence-corrected chi connectivity index (χ1v) is 11.2. The molecule has 7 heteroatoms. The molecular weight excluding hydrogens is 489 g/mol. The summed E-state index contributed by atoms with van der Waals surface area (Å²) >= 11 is 3.55. The molecule has 0 amide bonds. The van der Waals surface area contributed by atoms with Crippen LogP contribution in [0.15, 0.2) is 75.8 Å². The van der Waals surface area contributed by atoms with Crippen molar-refractivity contribution in [3.63, 3.8) is 0 Å². The van der Waals surface area contributed by atoms with E-state index < -0.39 is 11.8 Å². The molecule has 0 radical (unpaired) electrons. The number of carbonyl (C=O) groups is 1. The van der Waals surface area contributed by atoms with E-state index in [0.29, 0.717) is 40.3 Å². The van der Waals surface area contributed by atoms with Gasteiger partial charge in [-0.1, -0.05) is 35.9 Å².